The van der Waals surface area contributed by atoms with E-state index in [2.05, 4.69) is 27.7 Å². The van der Waals surface area contributed by atoms with E-state index in [0.717, 1.165) is 36.0 Å². The van der Waals surface area contributed by atoms with Gasteiger partial charge in [-0.2, -0.15) is 0 Å². The van der Waals surface area contributed by atoms with E-state index in [9.17, 15) is 14.2 Å². The van der Waals surface area contributed by atoms with Gasteiger partial charge in [0, 0.05) is 17.0 Å². The highest BCUT2D eigenvalue weighted by molar-refractivity contribution is 7.87. The van der Waals surface area contributed by atoms with Crippen LogP contribution in [0.4, 0.5) is 0 Å². The van der Waals surface area contributed by atoms with Crippen molar-refractivity contribution in [2.75, 3.05) is 12.8 Å². The first kappa shape index (κ1) is 29.0. The van der Waals surface area contributed by atoms with E-state index in [1.165, 1.54) is 19.3 Å². The monoisotopic (exact) mass is 498 g/mol. The summed E-state index contributed by atoms with van der Waals surface area (Å²) >= 11 is 0. The Morgan fingerprint density at radius 1 is 0.886 bits per heavy atom. The number of benzene rings is 2. The second-order valence-electron chi connectivity index (χ2n) is 10.6. The average Bonchev–Trinajstić information content (AvgIpc) is 2.81. The first-order valence-electron chi connectivity index (χ1n) is 13.0. The molecule has 0 radical (unpaired) electrons. The number of aryl methyl sites for hydroxylation is 2. The highest BCUT2D eigenvalue weighted by Crippen LogP contribution is 2.49. The predicted molar refractivity (Wildman–Crippen MR) is 146 cm³/mol. The molecule has 0 saturated carbocycles. The fraction of sp³-hybridized carbons (Fsp3) is 0.533. The molecule has 0 aliphatic heterocycles. The van der Waals surface area contributed by atoms with Gasteiger partial charge in [0.25, 0.3) is 0 Å². The van der Waals surface area contributed by atoms with Crippen LogP contribution in [0.2, 0.25) is 0 Å². The smallest absolute Gasteiger partial charge is 0.306 e. The summed E-state index contributed by atoms with van der Waals surface area (Å²) in [5, 5.41) is 0.493. The summed E-state index contributed by atoms with van der Waals surface area (Å²) in [7, 11) is -3.55. The van der Waals surface area contributed by atoms with Gasteiger partial charge < -0.3 is 9.30 Å². The molecule has 2 aromatic carbocycles. The van der Waals surface area contributed by atoms with Crippen LogP contribution in [-0.4, -0.2) is 24.3 Å². The molecule has 0 spiro atoms. The van der Waals surface area contributed by atoms with E-state index in [-0.39, 0.29) is 29.5 Å². The van der Waals surface area contributed by atoms with E-state index in [1.807, 2.05) is 32.0 Å². The third-order valence-corrected chi connectivity index (χ3v) is 9.37. The van der Waals surface area contributed by atoms with Crippen molar-refractivity contribution in [3.8, 4) is 0 Å². The Bertz CT molecular complexity index is 1010. The molecular weight excluding hydrogens is 455 g/mol. The Kier molecular flexibility index (Phi) is 11.0. The summed E-state index contributed by atoms with van der Waals surface area (Å²) in [5.74, 6) is -0.390. The fourth-order valence-corrected chi connectivity index (χ4v) is 6.88. The van der Waals surface area contributed by atoms with Crippen LogP contribution >= 0.6 is 7.14 Å². The van der Waals surface area contributed by atoms with Crippen LogP contribution in [0, 0.1) is 13.8 Å². The van der Waals surface area contributed by atoms with Crippen LogP contribution in [-0.2, 0) is 19.5 Å². The molecule has 4 nitrogen and oxygen atoms in total. The van der Waals surface area contributed by atoms with Crippen molar-refractivity contribution >= 4 is 23.9 Å². The highest BCUT2D eigenvalue weighted by Gasteiger charge is 2.37. The lowest BCUT2D eigenvalue weighted by Crippen LogP contribution is -2.20. The molecule has 0 aliphatic carbocycles. The van der Waals surface area contributed by atoms with Crippen LogP contribution < -0.4 is 5.30 Å². The molecule has 5 heteroatoms. The molecule has 2 rings (SSSR count). The van der Waals surface area contributed by atoms with Gasteiger partial charge in [-0.25, -0.2) is 0 Å². The van der Waals surface area contributed by atoms with E-state index < -0.39 is 7.14 Å². The molecule has 0 fully saturated rings. The minimum absolute atomic E-state index is 0.0227. The summed E-state index contributed by atoms with van der Waals surface area (Å²) < 4.78 is 19.7. The number of ether oxygens (including phenoxy) is 1. The maximum absolute atomic E-state index is 14.3. The van der Waals surface area contributed by atoms with Crippen LogP contribution in [0.25, 0.3) is 0 Å². The molecule has 0 heterocycles. The minimum Gasteiger partial charge on any atom is -0.466 e. The van der Waals surface area contributed by atoms with E-state index in [4.69, 9.17) is 4.74 Å². The summed E-state index contributed by atoms with van der Waals surface area (Å²) in [6.45, 7) is 12.8. The third kappa shape index (κ3) is 8.17. The summed E-state index contributed by atoms with van der Waals surface area (Å²) in [6.07, 6.45) is 6.62. The van der Waals surface area contributed by atoms with Gasteiger partial charge >= 0.3 is 5.97 Å². The minimum atomic E-state index is -3.55. The predicted octanol–water partition coefficient (Wildman–Crippen LogP) is 7.72. The molecular formula is C30H43O4P. The van der Waals surface area contributed by atoms with Crippen molar-refractivity contribution in [1.29, 1.82) is 0 Å². The Balaban J connectivity index is 2.18. The zero-order chi connectivity index (χ0) is 26.1. The van der Waals surface area contributed by atoms with Crippen molar-refractivity contribution < 1.29 is 18.9 Å². The Morgan fingerprint density at radius 2 is 1.46 bits per heavy atom. The van der Waals surface area contributed by atoms with E-state index in [1.54, 1.807) is 24.3 Å². The largest absolute Gasteiger partial charge is 0.466 e. The van der Waals surface area contributed by atoms with Gasteiger partial charge in [-0.1, -0.05) is 102 Å². The van der Waals surface area contributed by atoms with Gasteiger partial charge in [-0.15, -0.1) is 0 Å². The van der Waals surface area contributed by atoms with Crippen molar-refractivity contribution in [2.24, 2.45) is 0 Å². The lowest BCUT2D eigenvalue weighted by Gasteiger charge is -2.24. The lowest BCUT2D eigenvalue weighted by molar-refractivity contribution is -0.143. The maximum atomic E-state index is 14.3. The van der Waals surface area contributed by atoms with Crippen LogP contribution in [0.1, 0.15) is 99.7 Å². The van der Waals surface area contributed by atoms with Gasteiger partial charge in [0.05, 0.1) is 13.0 Å². The molecule has 192 valence electrons. The van der Waals surface area contributed by atoms with Gasteiger partial charge in [0.1, 0.15) is 0 Å². The molecule has 0 N–H and O–H groups in total. The Labute approximate surface area is 212 Å². The zero-order valence-electron chi connectivity index (χ0n) is 22.5. The van der Waals surface area contributed by atoms with E-state index >= 15 is 0 Å². The van der Waals surface area contributed by atoms with Gasteiger partial charge in [-0.05, 0) is 42.4 Å². The quantitative estimate of drug-likeness (QED) is 0.161. The molecule has 0 aliphatic rings. The van der Waals surface area contributed by atoms with Crippen molar-refractivity contribution in [3.63, 3.8) is 0 Å². The average molecular weight is 499 g/mol. The second-order valence-corrected chi connectivity index (χ2v) is 13.4. The summed E-state index contributed by atoms with van der Waals surface area (Å²) in [6, 6.07) is 12.9. The normalized spacial score (nSPS) is 13.3. The standard InChI is InChI=1S/C30H43O4P/c1-7-8-9-10-11-15-19-34-27(31)18-20-35(33,26-16-13-12-14-17-26)29(32)28-23(2)21-25(22-24(28)3)30(4,5)6/h12-14,16-17,21-22H,7-11,15,18-20H2,1-6H3. The van der Waals surface area contributed by atoms with Crippen molar-refractivity contribution in [2.45, 2.75) is 91.9 Å². The second kappa shape index (κ2) is 13.2. The Morgan fingerprint density at radius 3 is 2.03 bits per heavy atom. The van der Waals surface area contributed by atoms with Gasteiger partial charge in [-0.3, -0.25) is 9.59 Å². The van der Waals surface area contributed by atoms with Crippen molar-refractivity contribution in [3.05, 3.63) is 64.7 Å². The van der Waals surface area contributed by atoms with E-state index in [0.29, 0.717) is 17.5 Å². The number of carbonyl (C=O) groups is 2. The lowest BCUT2D eigenvalue weighted by atomic mass is 9.84. The maximum Gasteiger partial charge on any atom is 0.306 e. The molecule has 0 bridgehead atoms. The molecule has 0 aromatic heterocycles. The molecule has 0 saturated heterocycles. The molecule has 1 unspecified atom stereocenters. The third-order valence-electron chi connectivity index (χ3n) is 6.51. The highest BCUT2D eigenvalue weighted by atomic mass is 31.2. The number of carbonyl (C=O) groups excluding carboxylic acids is 2. The number of rotatable bonds is 13. The SMILES string of the molecule is CCCCCCCCOC(=O)CCP(=O)(C(=O)c1c(C)cc(C(C)(C)C)cc1C)c1ccccc1. The van der Waals surface area contributed by atoms with Gasteiger partial charge in [0.2, 0.25) is 5.52 Å². The first-order valence-corrected chi connectivity index (χ1v) is 14.9. The van der Waals surface area contributed by atoms with Gasteiger partial charge in [0.15, 0.2) is 7.14 Å². The molecule has 1 atom stereocenters. The number of hydrogen-bond donors (Lipinski definition) is 0. The summed E-state index contributed by atoms with van der Waals surface area (Å²) in [5.41, 5.74) is 2.86. The molecule has 2 aromatic rings. The Hall–Kier alpha value is -2.19. The zero-order valence-corrected chi connectivity index (χ0v) is 23.4. The van der Waals surface area contributed by atoms with Crippen molar-refractivity contribution in [1.82, 2.24) is 0 Å². The van der Waals surface area contributed by atoms with Crippen LogP contribution in [0.3, 0.4) is 0 Å². The number of esters is 1. The number of hydrogen-bond acceptors (Lipinski definition) is 4. The van der Waals surface area contributed by atoms with Crippen LogP contribution in [0.5, 0.6) is 0 Å². The molecule has 0 amide bonds. The molecule has 35 heavy (non-hydrogen) atoms. The summed E-state index contributed by atoms with van der Waals surface area (Å²) in [4.78, 5) is 26.3. The first-order chi connectivity index (χ1) is 16.5. The topological polar surface area (TPSA) is 60.4 Å². The van der Waals surface area contributed by atoms with Crippen LogP contribution in [0.15, 0.2) is 42.5 Å². The number of unbranched alkanes of at least 4 members (excludes halogenated alkanes) is 5. The fourth-order valence-electron chi connectivity index (χ4n) is 4.32.